The number of anilines is 1. The van der Waals surface area contributed by atoms with Crippen LogP contribution in [0.2, 0.25) is 5.15 Å². The fourth-order valence-corrected chi connectivity index (χ4v) is 3.25. The molecule has 122 valence electrons. The number of hydrogen-bond acceptors (Lipinski definition) is 6. The zero-order valence-electron chi connectivity index (χ0n) is 12.5. The van der Waals surface area contributed by atoms with E-state index < -0.39 is 0 Å². The van der Waals surface area contributed by atoms with Crippen molar-refractivity contribution in [2.45, 2.75) is 24.5 Å². The first-order valence-electron chi connectivity index (χ1n) is 7.42. The van der Waals surface area contributed by atoms with Crippen molar-refractivity contribution < 1.29 is 9.21 Å². The molecule has 3 rings (SSSR count). The van der Waals surface area contributed by atoms with Crippen LogP contribution in [0, 0.1) is 0 Å². The molecule has 0 bridgehead atoms. The average Bonchev–Trinajstić information content (AvgIpc) is 3.23. The Kier molecular flexibility index (Phi) is 5.40. The number of carbonyl (C=O) groups is 1. The molecule has 0 saturated carbocycles. The Morgan fingerprint density at radius 1 is 1.39 bits per heavy atom. The number of aromatic nitrogens is 2. The Hall–Kier alpha value is -1.73. The second-order valence-electron chi connectivity index (χ2n) is 5.17. The fourth-order valence-electron chi connectivity index (χ4n) is 2.34. The normalized spacial score (nSPS) is 14.2. The van der Waals surface area contributed by atoms with E-state index in [2.05, 4.69) is 20.2 Å². The molecule has 0 aromatic carbocycles. The Balaban J connectivity index is 1.53. The number of rotatable bonds is 6. The molecule has 6 nitrogen and oxygen atoms in total. The third-order valence-corrected chi connectivity index (χ3v) is 4.50. The predicted molar refractivity (Wildman–Crippen MR) is 89.8 cm³/mol. The van der Waals surface area contributed by atoms with Gasteiger partial charge in [0.25, 0.3) is 0 Å². The summed E-state index contributed by atoms with van der Waals surface area (Å²) in [7, 11) is 0. The van der Waals surface area contributed by atoms with Crippen molar-refractivity contribution in [2.75, 3.05) is 23.7 Å². The third kappa shape index (κ3) is 4.62. The minimum Gasteiger partial charge on any atom is -0.467 e. The van der Waals surface area contributed by atoms with Gasteiger partial charge in [0.1, 0.15) is 16.7 Å². The minimum absolute atomic E-state index is 0.0994. The Bertz CT molecular complexity index is 660. The Morgan fingerprint density at radius 3 is 2.96 bits per heavy atom. The van der Waals surface area contributed by atoms with Crippen LogP contribution >= 0.6 is 23.4 Å². The van der Waals surface area contributed by atoms with Crippen molar-refractivity contribution in [2.24, 2.45) is 0 Å². The number of thioether (sulfide) groups is 1. The molecule has 0 spiro atoms. The summed E-state index contributed by atoms with van der Waals surface area (Å²) >= 11 is 7.35. The van der Waals surface area contributed by atoms with E-state index in [0.717, 1.165) is 24.7 Å². The largest absolute Gasteiger partial charge is 0.467 e. The molecule has 23 heavy (non-hydrogen) atoms. The fraction of sp³-hybridized carbons (Fsp3) is 0.400. The van der Waals surface area contributed by atoms with E-state index >= 15 is 0 Å². The van der Waals surface area contributed by atoms with Crippen molar-refractivity contribution in [1.82, 2.24) is 15.3 Å². The molecular weight excluding hydrogens is 336 g/mol. The molecule has 0 unspecified atom stereocenters. The summed E-state index contributed by atoms with van der Waals surface area (Å²) in [5, 5.41) is 3.71. The van der Waals surface area contributed by atoms with Gasteiger partial charge in [0.05, 0.1) is 18.6 Å². The van der Waals surface area contributed by atoms with Crippen LogP contribution in [-0.2, 0) is 11.3 Å². The van der Waals surface area contributed by atoms with Gasteiger partial charge in [0.15, 0.2) is 5.16 Å². The monoisotopic (exact) mass is 352 g/mol. The number of carbonyl (C=O) groups excluding carboxylic acids is 1. The van der Waals surface area contributed by atoms with Crippen molar-refractivity contribution >= 4 is 35.1 Å². The van der Waals surface area contributed by atoms with Gasteiger partial charge in [-0.15, -0.1) is 0 Å². The summed E-state index contributed by atoms with van der Waals surface area (Å²) in [6, 6.07) is 5.37. The lowest BCUT2D eigenvalue weighted by atomic mass is 10.4. The highest BCUT2D eigenvalue weighted by Gasteiger charge is 2.16. The molecular formula is C15H17ClN4O2S. The van der Waals surface area contributed by atoms with E-state index in [1.54, 1.807) is 18.4 Å². The van der Waals surface area contributed by atoms with Crippen molar-refractivity contribution in [3.63, 3.8) is 0 Å². The molecule has 3 heterocycles. The van der Waals surface area contributed by atoms with Gasteiger partial charge in [-0.3, -0.25) is 4.79 Å². The van der Waals surface area contributed by atoms with Gasteiger partial charge in [-0.05, 0) is 25.0 Å². The SMILES string of the molecule is O=C(CSc1nc(Cl)cc(N2CCCC2)n1)NCc1ccco1. The van der Waals surface area contributed by atoms with Gasteiger partial charge in [0, 0.05) is 19.2 Å². The second kappa shape index (κ2) is 7.70. The topological polar surface area (TPSA) is 71.3 Å². The minimum atomic E-state index is -0.0994. The highest BCUT2D eigenvalue weighted by atomic mass is 35.5. The van der Waals surface area contributed by atoms with Gasteiger partial charge in [-0.25, -0.2) is 9.97 Å². The van der Waals surface area contributed by atoms with Crippen molar-refractivity contribution in [3.05, 3.63) is 35.4 Å². The number of halogens is 1. The summed E-state index contributed by atoms with van der Waals surface area (Å²) in [6.07, 6.45) is 3.91. The van der Waals surface area contributed by atoms with Crippen molar-refractivity contribution in [1.29, 1.82) is 0 Å². The van der Waals surface area contributed by atoms with Gasteiger partial charge in [-0.1, -0.05) is 23.4 Å². The lowest BCUT2D eigenvalue weighted by Crippen LogP contribution is -2.24. The predicted octanol–water partition coefficient (Wildman–Crippen LogP) is 2.73. The van der Waals surface area contributed by atoms with Gasteiger partial charge in [-0.2, -0.15) is 0 Å². The van der Waals surface area contributed by atoms with Crippen LogP contribution in [0.25, 0.3) is 0 Å². The number of nitrogens with one attached hydrogen (secondary N) is 1. The van der Waals surface area contributed by atoms with Crippen LogP contribution in [0.4, 0.5) is 5.82 Å². The molecule has 0 radical (unpaired) electrons. The first kappa shape index (κ1) is 16.1. The lowest BCUT2D eigenvalue weighted by Gasteiger charge is -2.16. The smallest absolute Gasteiger partial charge is 0.230 e. The Morgan fingerprint density at radius 2 is 2.22 bits per heavy atom. The quantitative estimate of drug-likeness (QED) is 0.489. The van der Waals surface area contributed by atoms with E-state index in [0.29, 0.717) is 16.9 Å². The second-order valence-corrected chi connectivity index (χ2v) is 6.50. The molecule has 0 aliphatic carbocycles. The zero-order valence-corrected chi connectivity index (χ0v) is 14.1. The average molecular weight is 353 g/mol. The highest BCUT2D eigenvalue weighted by molar-refractivity contribution is 7.99. The first-order valence-corrected chi connectivity index (χ1v) is 8.78. The highest BCUT2D eigenvalue weighted by Crippen LogP contribution is 2.24. The molecule has 1 saturated heterocycles. The summed E-state index contributed by atoms with van der Waals surface area (Å²) in [6.45, 7) is 2.35. The molecule has 1 amide bonds. The maximum absolute atomic E-state index is 11.9. The number of nitrogens with zero attached hydrogens (tertiary/aromatic N) is 3. The molecule has 8 heteroatoms. The van der Waals surface area contributed by atoms with E-state index in [-0.39, 0.29) is 11.7 Å². The van der Waals surface area contributed by atoms with Crippen molar-refractivity contribution in [3.8, 4) is 0 Å². The molecule has 1 aliphatic heterocycles. The van der Waals surface area contributed by atoms with Gasteiger partial charge in [0.2, 0.25) is 5.91 Å². The Labute approximate surface area is 143 Å². The standard InChI is InChI=1S/C15H17ClN4O2S/c16-12-8-13(20-5-1-2-6-20)19-15(18-12)23-10-14(21)17-9-11-4-3-7-22-11/h3-4,7-8H,1-2,5-6,9-10H2,(H,17,21). The van der Waals surface area contributed by atoms with E-state index in [1.165, 1.54) is 24.6 Å². The number of amides is 1. The first-order chi connectivity index (χ1) is 11.2. The van der Waals surface area contributed by atoms with E-state index in [4.69, 9.17) is 16.0 Å². The maximum Gasteiger partial charge on any atom is 0.230 e. The van der Waals surface area contributed by atoms with Gasteiger partial charge < -0.3 is 14.6 Å². The summed E-state index contributed by atoms with van der Waals surface area (Å²) in [4.78, 5) is 22.7. The number of hydrogen-bond donors (Lipinski definition) is 1. The summed E-state index contributed by atoms with van der Waals surface area (Å²) < 4.78 is 5.17. The molecule has 2 aromatic heterocycles. The molecule has 1 fully saturated rings. The molecule has 0 atom stereocenters. The van der Waals surface area contributed by atoms with Crippen LogP contribution in [0.1, 0.15) is 18.6 Å². The van der Waals surface area contributed by atoms with E-state index in [1.807, 2.05) is 6.07 Å². The van der Waals surface area contributed by atoms with Crippen LogP contribution in [-0.4, -0.2) is 34.7 Å². The number of furan rings is 1. The van der Waals surface area contributed by atoms with Crippen LogP contribution in [0.5, 0.6) is 0 Å². The summed E-state index contributed by atoms with van der Waals surface area (Å²) in [5.74, 6) is 1.69. The van der Waals surface area contributed by atoms with Crippen LogP contribution in [0.15, 0.2) is 34.0 Å². The van der Waals surface area contributed by atoms with E-state index in [9.17, 15) is 4.79 Å². The maximum atomic E-state index is 11.9. The molecule has 1 N–H and O–H groups in total. The lowest BCUT2D eigenvalue weighted by molar-refractivity contribution is -0.118. The summed E-state index contributed by atoms with van der Waals surface area (Å²) in [5.41, 5.74) is 0. The third-order valence-electron chi connectivity index (χ3n) is 3.46. The molecule has 1 aliphatic rings. The zero-order chi connectivity index (χ0) is 16.1. The van der Waals surface area contributed by atoms with Crippen LogP contribution in [0.3, 0.4) is 0 Å². The molecule has 2 aromatic rings. The van der Waals surface area contributed by atoms with Crippen LogP contribution < -0.4 is 10.2 Å². The van der Waals surface area contributed by atoms with Gasteiger partial charge >= 0.3 is 0 Å².